The molecular formula is C24H35FN6O3S. The van der Waals surface area contributed by atoms with Gasteiger partial charge in [0.2, 0.25) is 5.91 Å². The first-order valence-electron chi connectivity index (χ1n) is 11.5. The monoisotopic (exact) mass is 506 g/mol. The van der Waals surface area contributed by atoms with E-state index in [1.807, 2.05) is 34.6 Å². The maximum Gasteiger partial charge on any atom is 0.270 e. The van der Waals surface area contributed by atoms with E-state index in [1.54, 1.807) is 0 Å². The second-order valence-corrected chi connectivity index (χ2v) is 9.98. The van der Waals surface area contributed by atoms with E-state index in [1.165, 1.54) is 29.2 Å². The number of nitrogens with zero attached hydrogens (tertiary/aromatic N) is 3. The maximum atomic E-state index is 13.8. The lowest BCUT2D eigenvalue weighted by atomic mass is 10.0. The summed E-state index contributed by atoms with van der Waals surface area (Å²) in [6, 6.07) is 4.41. The minimum absolute atomic E-state index is 0.0253. The zero-order chi connectivity index (χ0) is 26.3. The van der Waals surface area contributed by atoms with Gasteiger partial charge in [0.1, 0.15) is 16.7 Å². The average molecular weight is 507 g/mol. The number of benzene rings is 1. The van der Waals surface area contributed by atoms with Gasteiger partial charge in [-0.3, -0.25) is 14.4 Å². The fourth-order valence-electron chi connectivity index (χ4n) is 3.67. The molecule has 3 amide bonds. The Labute approximate surface area is 209 Å². The smallest absolute Gasteiger partial charge is 0.270 e. The SMILES string of the molecule is CCN(CC)CCCN(C(=O)c1snc(C(N)=O)c1N)C(C(=O)NC(C)(C)C)c1ccc(F)cc1. The molecule has 0 saturated heterocycles. The highest BCUT2D eigenvalue weighted by Crippen LogP contribution is 2.29. The predicted octanol–water partition coefficient (Wildman–Crippen LogP) is 2.79. The van der Waals surface area contributed by atoms with E-state index < -0.39 is 35.1 Å². The van der Waals surface area contributed by atoms with Crippen molar-refractivity contribution in [1.82, 2.24) is 19.5 Å². The first kappa shape index (κ1) is 28.2. The van der Waals surface area contributed by atoms with Crippen molar-refractivity contribution in [3.63, 3.8) is 0 Å². The lowest BCUT2D eigenvalue weighted by Crippen LogP contribution is -2.49. The molecule has 9 nitrogen and oxygen atoms in total. The van der Waals surface area contributed by atoms with Crippen LogP contribution in [-0.2, 0) is 4.79 Å². The number of halogens is 1. The fourth-order valence-corrected chi connectivity index (χ4v) is 4.43. The van der Waals surface area contributed by atoms with Crippen LogP contribution in [0.15, 0.2) is 24.3 Å². The van der Waals surface area contributed by atoms with Crippen LogP contribution in [-0.4, -0.2) is 63.6 Å². The summed E-state index contributed by atoms with van der Waals surface area (Å²) in [5.41, 5.74) is 10.9. The maximum absolute atomic E-state index is 13.8. The molecule has 0 fully saturated rings. The normalized spacial score (nSPS) is 12.4. The summed E-state index contributed by atoms with van der Waals surface area (Å²) < 4.78 is 17.6. The molecule has 0 radical (unpaired) electrons. The molecule has 0 aliphatic heterocycles. The van der Waals surface area contributed by atoms with Crippen LogP contribution in [0, 0.1) is 5.82 Å². The minimum atomic E-state index is -1.06. The summed E-state index contributed by atoms with van der Waals surface area (Å²) >= 11 is 0.760. The van der Waals surface area contributed by atoms with E-state index in [0.29, 0.717) is 18.5 Å². The number of nitrogens with two attached hydrogens (primary N) is 2. The fraction of sp³-hybridized carbons (Fsp3) is 0.500. The van der Waals surface area contributed by atoms with Crippen molar-refractivity contribution in [2.75, 3.05) is 31.9 Å². The number of primary amides is 1. The number of carbonyl (C=O) groups is 3. The lowest BCUT2D eigenvalue weighted by molar-refractivity contribution is -0.127. The molecule has 2 aromatic rings. The topological polar surface area (TPSA) is 135 Å². The summed E-state index contributed by atoms with van der Waals surface area (Å²) in [6.45, 7) is 12.2. The highest BCUT2D eigenvalue weighted by Gasteiger charge is 2.35. The number of aromatic nitrogens is 1. The van der Waals surface area contributed by atoms with Gasteiger partial charge in [-0.15, -0.1) is 0 Å². The Hall–Kier alpha value is -3.05. The number of amides is 3. The molecule has 0 aliphatic rings. The molecular weight excluding hydrogens is 471 g/mol. The van der Waals surface area contributed by atoms with Crippen LogP contribution in [0.3, 0.4) is 0 Å². The largest absolute Gasteiger partial charge is 0.395 e. The van der Waals surface area contributed by atoms with Crippen LogP contribution >= 0.6 is 11.5 Å². The van der Waals surface area contributed by atoms with Gasteiger partial charge in [0.25, 0.3) is 11.8 Å². The number of carbonyl (C=O) groups excluding carboxylic acids is 3. The van der Waals surface area contributed by atoms with Gasteiger partial charge >= 0.3 is 0 Å². The Morgan fingerprint density at radius 1 is 1.11 bits per heavy atom. The van der Waals surface area contributed by atoms with Gasteiger partial charge < -0.3 is 26.6 Å². The van der Waals surface area contributed by atoms with Crippen LogP contribution in [0.5, 0.6) is 0 Å². The third kappa shape index (κ3) is 7.46. The summed E-state index contributed by atoms with van der Waals surface area (Å²) in [5.74, 6) is -2.27. The van der Waals surface area contributed by atoms with E-state index in [0.717, 1.165) is 24.6 Å². The van der Waals surface area contributed by atoms with Crippen LogP contribution in [0.2, 0.25) is 0 Å². The summed E-state index contributed by atoms with van der Waals surface area (Å²) in [5, 5.41) is 2.92. The standard InChI is InChI=1S/C24H35FN6O3S/c1-6-30(7-2)13-8-14-31(23(34)20-17(26)18(21(27)32)29-35-20)19(22(33)28-24(3,4)5)15-9-11-16(25)12-10-15/h9-12,19H,6-8,13-14,26H2,1-5H3,(H2,27,32)(H,28,33). The number of hydrogen-bond donors (Lipinski definition) is 3. The minimum Gasteiger partial charge on any atom is -0.395 e. The zero-order valence-corrected chi connectivity index (χ0v) is 21.7. The molecule has 11 heteroatoms. The van der Waals surface area contributed by atoms with Crippen molar-refractivity contribution >= 4 is 34.9 Å². The molecule has 0 aliphatic carbocycles. The molecule has 1 unspecified atom stereocenters. The van der Waals surface area contributed by atoms with E-state index in [9.17, 15) is 18.8 Å². The summed E-state index contributed by atoms with van der Waals surface area (Å²) in [7, 11) is 0. The summed E-state index contributed by atoms with van der Waals surface area (Å²) in [6.07, 6.45) is 0.579. The third-order valence-corrected chi connectivity index (χ3v) is 6.28. The van der Waals surface area contributed by atoms with Crippen molar-refractivity contribution in [3.8, 4) is 0 Å². The number of rotatable bonds is 11. The zero-order valence-electron chi connectivity index (χ0n) is 20.9. The molecule has 5 N–H and O–H groups in total. The Kier molecular flexibility index (Phi) is 9.73. The van der Waals surface area contributed by atoms with Crippen molar-refractivity contribution in [2.24, 2.45) is 5.73 Å². The molecule has 2 rings (SSSR count). The molecule has 0 saturated carbocycles. The molecule has 1 aromatic carbocycles. The van der Waals surface area contributed by atoms with E-state index in [2.05, 4.69) is 14.6 Å². The second kappa shape index (κ2) is 12.1. The van der Waals surface area contributed by atoms with Gasteiger partial charge in [-0.05, 0) is 76.1 Å². The van der Waals surface area contributed by atoms with Crippen molar-refractivity contribution < 1.29 is 18.8 Å². The number of nitrogens with one attached hydrogen (secondary N) is 1. The molecule has 1 atom stereocenters. The molecule has 192 valence electrons. The van der Waals surface area contributed by atoms with Crippen LogP contribution in [0.25, 0.3) is 0 Å². The molecule has 35 heavy (non-hydrogen) atoms. The number of nitrogen functional groups attached to an aromatic ring is 1. The summed E-state index contributed by atoms with van der Waals surface area (Å²) in [4.78, 5) is 42.6. The predicted molar refractivity (Wildman–Crippen MR) is 136 cm³/mol. The molecule has 0 spiro atoms. The van der Waals surface area contributed by atoms with E-state index in [-0.39, 0.29) is 22.8 Å². The van der Waals surface area contributed by atoms with Gasteiger partial charge in [0, 0.05) is 12.1 Å². The van der Waals surface area contributed by atoms with Gasteiger partial charge in [-0.2, -0.15) is 4.37 Å². The van der Waals surface area contributed by atoms with Gasteiger partial charge in [-0.1, -0.05) is 26.0 Å². The second-order valence-electron chi connectivity index (χ2n) is 9.21. The van der Waals surface area contributed by atoms with Crippen molar-refractivity contribution in [3.05, 3.63) is 46.2 Å². The highest BCUT2D eigenvalue weighted by molar-refractivity contribution is 7.09. The van der Waals surface area contributed by atoms with Crippen LogP contribution in [0.1, 0.15) is 72.8 Å². The van der Waals surface area contributed by atoms with Crippen molar-refractivity contribution in [1.29, 1.82) is 0 Å². The highest BCUT2D eigenvalue weighted by atomic mass is 32.1. The first-order chi connectivity index (χ1) is 16.4. The van der Waals surface area contributed by atoms with Crippen molar-refractivity contribution in [2.45, 2.75) is 52.6 Å². The van der Waals surface area contributed by atoms with E-state index in [4.69, 9.17) is 11.5 Å². The molecule has 1 aromatic heterocycles. The van der Waals surface area contributed by atoms with E-state index >= 15 is 0 Å². The van der Waals surface area contributed by atoms with Gasteiger partial charge in [0.15, 0.2) is 5.69 Å². The number of hydrogen-bond acceptors (Lipinski definition) is 7. The van der Waals surface area contributed by atoms with Crippen LogP contribution in [0.4, 0.5) is 10.1 Å². The van der Waals surface area contributed by atoms with Gasteiger partial charge in [-0.25, -0.2) is 4.39 Å². The Balaban J connectivity index is 2.55. The lowest BCUT2D eigenvalue weighted by Gasteiger charge is -2.34. The Morgan fingerprint density at radius 2 is 1.71 bits per heavy atom. The number of anilines is 1. The van der Waals surface area contributed by atoms with Crippen LogP contribution < -0.4 is 16.8 Å². The molecule has 1 heterocycles. The molecule has 0 bridgehead atoms. The van der Waals surface area contributed by atoms with Gasteiger partial charge in [0.05, 0.1) is 5.69 Å². The first-order valence-corrected chi connectivity index (χ1v) is 12.3. The average Bonchev–Trinajstić information content (AvgIpc) is 3.16. The Morgan fingerprint density at radius 3 is 2.20 bits per heavy atom. The quantitative estimate of drug-likeness (QED) is 0.429. The Bertz CT molecular complexity index is 1030. The third-order valence-electron chi connectivity index (χ3n) is 5.43.